The maximum absolute atomic E-state index is 14.0. The van der Waals surface area contributed by atoms with Gasteiger partial charge >= 0.3 is 0 Å². The van der Waals surface area contributed by atoms with Gasteiger partial charge in [0.1, 0.15) is 24.2 Å². The van der Waals surface area contributed by atoms with Crippen LogP contribution in [0.4, 0.5) is 0 Å². The lowest BCUT2D eigenvalue weighted by Crippen LogP contribution is -2.59. The van der Waals surface area contributed by atoms with Crippen LogP contribution in [0.1, 0.15) is 29.4 Å². The first kappa shape index (κ1) is 34.1. The van der Waals surface area contributed by atoms with Crippen LogP contribution < -0.4 is 27.0 Å². The maximum Gasteiger partial charge on any atom is 0.243 e. The SMILES string of the molecule is CC(=O)N[C@@H](Cc1cnc[nH]1)C(=O)N[C@H](Cc1ccccc1)C(=O)N[C@@H](Cc1cnc[nH]1)C(=O)N[C@@H](Cc1c[nH]c2ccccc12)C(N)=O. The van der Waals surface area contributed by atoms with E-state index < -0.39 is 53.7 Å². The Morgan fingerprint density at radius 3 is 1.73 bits per heavy atom. The molecule has 15 heteroatoms. The van der Waals surface area contributed by atoms with Gasteiger partial charge in [0, 0.05) is 73.5 Å². The second kappa shape index (κ2) is 16.0. The van der Waals surface area contributed by atoms with Gasteiger partial charge in [-0.1, -0.05) is 48.5 Å². The largest absolute Gasteiger partial charge is 0.368 e. The number of hydrogen-bond acceptors (Lipinski definition) is 7. The Labute approximate surface area is 281 Å². The topological polar surface area (TPSA) is 233 Å². The number of primary amides is 1. The summed E-state index contributed by atoms with van der Waals surface area (Å²) >= 11 is 0. The molecule has 0 bridgehead atoms. The second-order valence-corrected chi connectivity index (χ2v) is 11.7. The quantitative estimate of drug-likeness (QED) is 0.0734. The molecule has 0 aliphatic rings. The van der Waals surface area contributed by atoms with Gasteiger partial charge in [0.2, 0.25) is 29.5 Å². The van der Waals surface area contributed by atoms with Crippen LogP contribution in [0.15, 0.2) is 85.8 Å². The van der Waals surface area contributed by atoms with E-state index in [-0.39, 0.29) is 25.7 Å². The highest BCUT2D eigenvalue weighted by molar-refractivity contribution is 5.96. The van der Waals surface area contributed by atoms with Gasteiger partial charge in [-0.3, -0.25) is 24.0 Å². The Morgan fingerprint density at radius 1 is 0.653 bits per heavy atom. The zero-order chi connectivity index (χ0) is 34.8. The lowest BCUT2D eigenvalue weighted by Gasteiger charge is -2.26. The van der Waals surface area contributed by atoms with E-state index in [1.807, 2.05) is 30.3 Å². The number of benzene rings is 2. The number of imidazole rings is 2. The molecule has 0 unspecified atom stereocenters. The fourth-order valence-corrected chi connectivity index (χ4v) is 5.52. The molecule has 0 fully saturated rings. The van der Waals surface area contributed by atoms with E-state index in [9.17, 15) is 24.0 Å². The molecule has 5 rings (SSSR count). The molecule has 5 amide bonds. The van der Waals surface area contributed by atoms with Crippen molar-refractivity contribution in [3.63, 3.8) is 0 Å². The molecule has 0 aliphatic heterocycles. The molecule has 0 radical (unpaired) electrons. The summed E-state index contributed by atoms with van der Waals surface area (Å²) in [6.07, 6.45) is 7.99. The number of fused-ring (bicyclic) bond motifs is 1. The Hall–Kier alpha value is -6.25. The third kappa shape index (κ3) is 9.41. The molecule has 5 aromatic rings. The summed E-state index contributed by atoms with van der Waals surface area (Å²) in [5.74, 6) is -3.11. The lowest BCUT2D eigenvalue weighted by atomic mass is 10.0. The number of aromatic nitrogens is 5. The predicted molar refractivity (Wildman–Crippen MR) is 179 cm³/mol. The molecule has 15 nitrogen and oxygen atoms in total. The predicted octanol–water partition coefficient (Wildman–Crippen LogP) is 0.329. The highest BCUT2D eigenvalue weighted by Gasteiger charge is 2.32. The van der Waals surface area contributed by atoms with E-state index in [1.54, 1.807) is 30.5 Å². The van der Waals surface area contributed by atoms with Crippen LogP contribution in [0.5, 0.6) is 0 Å². The minimum atomic E-state index is -1.19. The van der Waals surface area contributed by atoms with Crippen LogP contribution in [0, 0.1) is 0 Å². The Balaban J connectivity index is 1.36. The van der Waals surface area contributed by atoms with Gasteiger partial charge in [-0.25, -0.2) is 9.97 Å². The monoisotopic (exact) mass is 666 g/mol. The van der Waals surface area contributed by atoms with Crippen LogP contribution in [-0.2, 0) is 49.7 Å². The zero-order valence-electron chi connectivity index (χ0n) is 26.7. The van der Waals surface area contributed by atoms with E-state index in [4.69, 9.17) is 5.73 Å². The molecule has 0 spiro atoms. The first-order valence-corrected chi connectivity index (χ1v) is 15.7. The van der Waals surface area contributed by atoms with Crippen molar-refractivity contribution in [1.82, 2.24) is 46.2 Å². The minimum absolute atomic E-state index is 0.00349. The van der Waals surface area contributed by atoms with Gasteiger partial charge in [-0.15, -0.1) is 0 Å². The Bertz CT molecular complexity index is 1870. The van der Waals surface area contributed by atoms with Crippen molar-refractivity contribution in [1.29, 1.82) is 0 Å². The summed E-state index contributed by atoms with van der Waals surface area (Å²) < 4.78 is 0. The molecule has 2 aromatic carbocycles. The number of nitrogens with one attached hydrogen (secondary N) is 7. The van der Waals surface area contributed by atoms with Gasteiger partial charge in [0.15, 0.2) is 0 Å². The zero-order valence-corrected chi connectivity index (χ0v) is 26.7. The lowest BCUT2D eigenvalue weighted by molar-refractivity contribution is -0.134. The first-order valence-electron chi connectivity index (χ1n) is 15.7. The molecule has 4 atom stereocenters. The first-order chi connectivity index (χ1) is 23.7. The number of para-hydroxylation sites is 1. The van der Waals surface area contributed by atoms with Crippen molar-refractivity contribution < 1.29 is 24.0 Å². The van der Waals surface area contributed by atoms with Crippen molar-refractivity contribution in [3.05, 3.63) is 108 Å². The molecule has 254 valence electrons. The summed E-state index contributed by atoms with van der Waals surface area (Å²) in [7, 11) is 0. The highest BCUT2D eigenvalue weighted by atomic mass is 16.2. The molecule has 3 heterocycles. The van der Waals surface area contributed by atoms with Crippen LogP contribution in [-0.4, -0.2) is 78.6 Å². The smallest absolute Gasteiger partial charge is 0.243 e. The summed E-state index contributed by atoms with van der Waals surface area (Å²) in [5, 5.41) is 11.7. The number of carbonyl (C=O) groups is 5. The van der Waals surface area contributed by atoms with Crippen molar-refractivity contribution in [2.45, 2.75) is 56.8 Å². The Kier molecular flexibility index (Phi) is 11.2. The summed E-state index contributed by atoms with van der Waals surface area (Å²) in [6.45, 7) is 1.29. The third-order valence-corrected chi connectivity index (χ3v) is 7.96. The number of H-pyrrole nitrogens is 3. The molecule has 0 saturated carbocycles. The van der Waals surface area contributed by atoms with Crippen LogP contribution in [0.25, 0.3) is 10.9 Å². The van der Waals surface area contributed by atoms with Crippen LogP contribution >= 0.6 is 0 Å². The summed E-state index contributed by atoms with van der Waals surface area (Å²) in [6, 6.07) is 12.1. The molecule has 49 heavy (non-hydrogen) atoms. The number of carbonyl (C=O) groups excluding carboxylic acids is 5. The number of nitrogens with zero attached hydrogens (tertiary/aromatic N) is 2. The number of nitrogens with two attached hydrogens (primary N) is 1. The molecule has 0 saturated heterocycles. The molecular formula is C34H38N10O5. The van der Waals surface area contributed by atoms with Crippen molar-refractivity contribution in [3.8, 4) is 0 Å². The number of aromatic amines is 3. The van der Waals surface area contributed by atoms with Gasteiger partial charge in [0.25, 0.3) is 0 Å². The van der Waals surface area contributed by atoms with E-state index in [2.05, 4.69) is 46.2 Å². The normalized spacial score (nSPS) is 13.5. The Morgan fingerprint density at radius 2 is 1.18 bits per heavy atom. The van der Waals surface area contributed by atoms with Gasteiger partial charge in [-0.2, -0.15) is 0 Å². The number of rotatable bonds is 16. The average Bonchev–Trinajstić information content (AvgIpc) is 3.87. The minimum Gasteiger partial charge on any atom is -0.368 e. The van der Waals surface area contributed by atoms with Gasteiger partial charge in [0.05, 0.1) is 12.7 Å². The second-order valence-electron chi connectivity index (χ2n) is 11.7. The van der Waals surface area contributed by atoms with Crippen LogP contribution in [0.2, 0.25) is 0 Å². The van der Waals surface area contributed by atoms with Gasteiger partial charge < -0.3 is 42.0 Å². The third-order valence-electron chi connectivity index (χ3n) is 7.96. The van der Waals surface area contributed by atoms with Crippen LogP contribution in [0.3, 0.4) is 0 Å². The fraction of sp³-hybridized carbons (Fsp3) is 0.265. The summed E-state index contributed by atoms with van der Waals surface area (Å²) in [4.78, 5) is 82.8. The van der Waals surface area contributed by atoms with Crippen molar-refractivity contribution in [2.75, 3.05) is 0 Å². The average molecular weight is 667 g/mol. The van der Waals surface area contributed by atoms with Crippen molar-refractivity contribution >= 4 is 40.4 Å². The van der Waals surface area contributed by atoms with E-state index in [0.717, 1.165) is 22.0 Å². The maximum atomic E-state index is 14.0. The highest BCUT2D eigenvalue weighted by Crippen LogP contribution is 2.19. The number of hydrogen-bond donors (Lipinski definition) is 8. The standard InChI is InChI=1S/C34H38N10O5/c1-20(45)41-29(13-23-16-36-18-39-23)33(48)43-28(11-21-7-3-2-4-8-21)32(47)44-30(14-24-17-37-19-40-24)34(49)42-27(31(35)46)12-22-15-38-26-10-6-5-9-25(22)26/h2-10,15-19,27-30,38H,11-14H2,1H3,(H2,35,46)(H,36,39)(H,37,40)(H,41,45)(H,42,49)(H,43,48)(H,44,47)/t27-,28+,29-,30-/m0/s1. The van der Waals surface area contributed by atoms with Gasteiger partial charge in [-0.05, 0) is 17.2 Å². The van der Waals surface area contributed by atoms with E-state index in [1.165, 1.54) is 32.0 Å². The molecule has 0 aliphatic carbocycles. The molecular weight excluding hydrogens is 628 g/mol. The molecule has 3 aromatic heterocycles. The fourth-order valence-electron chi connectivity index (χ4n) is 5.52. The summed E-state index contributed by atoms with van der Waals surface area (Å²) in [5.41, 5.74) is 9.27. The van der Waals surface area contributed by atoms with Crippen molar-refractivity contribution in [2.24, 2.45) is 5.73 Å². The molecule has 9 N–H and O–H groups in total. The number of amides is 5. The van der Waals surface area contributed by atoms with E-state index >= 15 is 0 Å². The van der Waals surface area contributed by atoms with E-state index in [0.29, 0.717) is 11.4 Å².